The number of rotatable bonds is 7. The number of hydrogen-bond acceptors (Lipinski definition) is 4. The van der Waals surface area contributed by atoms with Crippen LogP contribution in [0.1, 0.15) is 18.4 Å². The van der Waals surface area contributed by atoms with Gasteiger partial charge in [0.15, 0.2) is 0 Å². The van der Waals surface area contributed by atoms with Crippen molar-refractivity contribution >= 4 is 6.09 Å². The summed E-state index contributed by atoms with van der Waals surface area (Å²) in [4.78, 5) is 11.9. The van der Waals surface area contributed by atoms with Gasteiger partial charge in [0.1, 0.15) is 13.4 Å². The van der Waals surface area contributed by atoms with Crippen molar-refractivity contribution in [3.63, 3.8) is 0 Å². The zero-order chi connectivity index (χ0) is 14.7. The highest BCUT2D eigenvalue weighted by molar-refractivity contribution is 5.69. The first-order valence-corrected chi connectivity index (χ1v) is 7.29. The lowest BCUT2D eigenvalue weighted by Gasteiger charge is -2.67. The van der Waals surface area contributed by atoms with Crippen LogP contribution in [0.15, 0.2) is 30.3 Å². The number of amides is 1. The lowest BCUT2D eigenvalue weighted by atomic mass is 9.42. The third kappa shape index (κ3) is 2.89. The minimum Gasteiger partial charge on any atom is -0.445 e. The SMILES string of the molecule is COCOCC1C2CC1(NC(=O)OCc1ccccc1)C2. The predicted molar refractivity (Wildman–Crippen MR) is 76.5 cm³/mol. The number of carbonyl (C=O) groups excluding carboxylic acids is 1. The monoisotopic (exact) mass is 291 g/mol. The zero-order valence-electron chi connectivity index (χ0n) is 12.2. The first-order chi connectivity index (χ1) is 10.2. The van der Waals surface area contributed by atoms with E-state index in [1.54, 1.807) is 7.11 Å². The van der Waals surface area contributed by atoms with Gasteiger partial charge in [0.2, 0.25) is 0 Å². The Morgan fingerprint density at radius 2 is 2.10 bits per heavy atom. The molecule has 1 aromatic carbocycles. The van der Waals surface area contributed by atoms with Crippen LogP contribution >= 0.6 is 0 Å². The minimum absolute atomic E-state index is 0.105. The van der Waals surface area contributed by atoms with E-state index in [0.717, 1.165) is 18.4 Å². The maximum Gasteiger partial charge on any atom is 0.407 e. The third-order valence-electron chi connectivity index (χ3n) is 4.59. The number of nitrogens with one attached hydrogen (secondary N) is 1. The van der Waals surface area contributed by atoms with E-state index in [0.29, 0.717) is 31.8 Å². The largest absolute Gasteiger partial charge is 0.445 e. The highest BCUT2D eigenvalue weighted by Gasteiger charge is 2.66. The fraction of sp³-hybridized carbons (Fsp3) is 0.562. The molecule has 1 amide bonds. The molecule has 1 N–H and O–H groups in total. The van der Waals surface area contributed by atoms with Gasteiger partial charge in [-0.3, -0.25) is 0 Å². The van der Waals surface area contributed by atoms with E-state index < -0.39 is 0 Å². The summed E-state index contributed by atoms with van der Waals surface area (Å²) < 4.78 is 15.6. The highest BCUT2D eigenvalue weighted by atomic mass is 16.7. The summed E-state index contributed by atoms with van der Waals surface area (Å²) in [6, 6.07) is 9.68. The fourth-order valence-electron chi connectivity index (χ4n) is 3.30. The van der Waals surface area contributed by atoms with Gasteiger partial charge in [-0.25, -0.2) is 4.79 Å². The van der Waals surface area contributed by atoms with Crippen LogP contribution in [-0.2, 0) is 20.8 Å². The van der Waals surface area contributed by atoms with Crippen molar-refractivity contribution in [1.82, 2.24) is 5.32 Å². The molecular formula is C16H21NO4. The number of ether oxygens (including phenoxy) is 3. The quantitative estimate of drug-likeness (QED) is 0.618. The molecule has 4 rings (SSSR count). The van der Waals surface area contributed by atoms with E-state index in [1.807, 2.05) is 30.3 Å². The number of benzene rings is 1. The van der Waals surface area contributed by atoms with E-state index in [-0.39, 0.29) is 11.6 Å². The second-order valence-electron chi connectivity index (χ2n) is 5.90. The lowest BCUT2D eigenvalue weighted by molar-refractivity contribution is -0.176. The molecule has 0 aliphatic heterocycles. The first-order valence-electron chi connectivity index (χ1n) is 7.29. The molecule has 0 aromatic heterocycles. The number of methoxy groups -OCH3 is 1. The molecular weight excluding hydrogens is 270 g/mol. The summed E-state index contributed by atoms with van der Waals surface area (Å²) in [7, 11) is 1.61. The van der Waals surface area contributed by atoms with Crippen LogP contribution in [0.25, 0.3) is 0 Å². The Balaban J connectivity index is 1.42. The summed E-state index contributed by atoms with van der Waals surface area (Å²) >= 11 is 0. The van der Waals surface area contributed by atoms with Crippen LogP contribution in [0.2, 0.25) is 0 Å². The summed E-state index contributed by atoms with van der Waals surface area (Å²) in [6.07, 6.45) is 1.73. The maximum absolute atomic E-state index is 11.9. The molecule has 1 atom stereocenters. The molecule has 1 aromatic rings. The molecule has 0 heterocycles. The third-order valence-corrected chi connectivity index (χ3v) is 4.59. The Morgan fingerprint density at radius 3 is 2.71 bits per heavy atom. The van der Waals surface area contributed by atoms with Crippen LogP contribution in [0.5, 0.6) is 0 Å². The number of alkyl carbamates (subject to hydrolysis) is 1. The van der Waals surface area contributed by atoms with Gasteiger partial charge in [-0.05, 0) is 24.3 Å². The fourth-order valence-corrected chi connectivity index (χ4v) is 3.30. The molecule has 1 unspecified atom stereocenters. The predicted octanol–water partition coefficient (Wildman–Crippen LogP) is 2.31. The standard InChI is InChI=1S/C16H21NO4/c1-19-11-20-10-14-13-7-16(14,8-13)17-15(18)21-9-12-5-3-2-4-6-12/h2-6,13-14H,7-11H2,1H3,(H,17,18). The number of hydrogen-bond donors (Lipinski definition) is 1. The second-order valence-corrected chi connectivity index (χ2v) is 5.90. The van der Waals surface area contributed by atoms with E-state index in [2.05, 4.69) is 5.32 Å². The first kappa shape index (κ1) is 14.4. The van der Waals surface area contributed by atoms with Gasteiger partial charge in [-0.2, -0.15) is 0 Å². The topological polar surface area (TPSA) is 56.8 Å². The summed E-state index contributed by atoms with van der Waals surface area (Å²) in [6.45, 7) is 1.24. The van der Waals surface area contributed by atoms with Crippen molar-refractivity contribution in [2.24, 2.45) is 11.8 Å². The summed E-state index contributed by atoms with van der Waals surface area (Å²) in [5.74, 6) is 1.08. The molecule has 0 spiro atoms. The van der Waals surface area contributed by atoms with Crippen molar-refractivity contribution < 1.29 is 19.0 Å². The molecule has 3 saturated carbocycles. The van der Waals surface area contributed by atoms with Gasteiger partial charge < -0.3 is 19.5 Å². The van der Waals surface area contributed by atoms with Crippen LogP contribution in [0, 0.1) is 11.8 Å². The Bertz CT molecular complexity index is 484. The molecule has 0 saturated heterocycles. The maximum atomic E-state index is 11.9. The van der Waals surface area contributed by atoms with Gasteiger partial charge in [0.05, 0.1) is 6.61 Å². The van der Waals surface area contributed by atoms with Gasteiger partial charge in [-0.1, -0.05) is 30.3 Å². The summed E-state index contributed by atoms with van der Waals surface area (Å²) in [5, 5.41) is 3.02. The molecule has 3 aliphatic rings. The summed E-state index contributed by atoms with van der Waals surface area (Å²) in [5.41, 5.74) is 0.886. The molecule has 2 bridgehead atoms. The second kappa shape index (κ2) is 6.03. The zero-order valence-corrected chi connectivity index (χ0v) is 12.2. The Hall–Kier alpha value is -1.59. The van der Waals surface area contributed by atoms with E-state index in [9.17, 15) is 4.79 Å². The van der Waals surface area contributed by atoms with Crippen molar-refractivity contribution in [2.45, 2.75) is 25.0 Å². The molecule has 21 heavy (non-hydrogen) atoms. The minimum atomic E-state index is -0.339. The molecule has 3 fully saturated rings. The molecule has 114 valence electrons. The van der Waals surface area contributed by atoms with Crippen LogP contribution in [0.3, 0.4) is 0 Å². The van der Waals surface area contributed by atoms with Crippen LogP contribution in [-0.4, -0.2) is 32.1 Å². The Morgan fingerprint density at radius 1 is 1.33 bits per heavy atom. The van der Waals surface area contributed by atoms with Crippen LogP contribution < -0.4 is 5.32 Å². The van der Waals surface area contributed by atoms with Crippen molar-refractivity contribution in [3.8, 4) is 0 Å². The average Bonchev–Trinajstić information content (AvgIpc) is 2.46. The molecule has 5 nitrogen and oxygen atoms in total. The van der Waals surface area contributed by atoms with Crippen molar-refractivity contribution in [1.29, 1.82) is 0 Å². The van der Waals surface area contributed by atoms with E-state index in [1.165, 1.54) is 0 Å². The normalized spacial score (nSPS) is 29.2. The molecule has 5 heteroatoms. The Labute approximate surface area is 124 Å². The van der Waals surface area contributed by atoms with Gasteiger partial charge in [-0.15, -0.1) is 0 Å². The number of carbonyl (C=O) groups is 1. The van der Waals surface area contributed by atoms with Crippen LogP contribution in [0.4, 0.5) is 4.79 Å². The van der Waals surface area contributed by atoms with Crippen molar-refractivity contribution in [2.75, 3.05) is 20.5 Å². The van der Waals surface area contributed by atoms with E-state index in [4.69, 9.17) is 14.2 Å². The average molecular weight is 291 g/mol. The Kier molecular flexibility index (Phi) is 4.12. The van der Waals surface area contributed by atoms with Gasteiger partial charge >= 0.3 is 6.09 Å². The smallest absolute Gasteiger partial charge is 0.407 e. The molecule has 0 radical (unpaired) electrons. The molecule has 3 aliphatic carbocycles. The van der Waals surface area contributed by atoms with Crippen molar-refractivity contribution in [3.05, 3.63) is 35.9 Å². The van der Waals surface area contributed by atoms with Gasteiger partial charge in [0, 0.05) is 18.6 Å². The highest BCUT2D eigenvalue weighted by Crippen LogP contribution is 2.61. The lowest BCUT2D eigenvalue weighted by Crippen LogP contribution is -2.76. The van der Waals surface area contributed by atoms with E-state index >= 15 is 0 Å². The van der Waals surface area contributed by atoms with Gasteiger partial charge in [0.25, 0.3) is 0 Å².